The molecule has 3 rings (SSSR count). The number of nitriles is 1. The van der Waals surface area contributed by atoms with E-state index in [4.69, 9.17) is 21.7 Å². The lowest BCUT2D eigenvalue weighted by molar-refractivity contribution is -0.118. The Hall–Kier alpha value is -3.65. The number of nitrogens with zero attached hydrogens (tertiary/aromatic N) is 5. The first-order valence-corrected chi connectivity index (χ1v) is 10.4. The Kier molecular flexibility index (Phi) is 7.50. The van der Waals surface area contributed by atoms with E-state index < -0.39 is 12.7 Å². The molecule has 0 bridgehead atoms. The number of nitrogens with two attached hydrogens (primary N) is 2. The smallest absolute Gasteiger partial charge is 0.404 e. The molecule has 1 aliphatic rings. The summed E-state index contributed by atoms with van der Waals surface area (Å²) < 4.78 is 37.9. The molecular weight excluding hydrogens is 433 g/mol. The van der Waals surface area contributed by atoms with Gasteiger partial charge in [0.05, 0.1) is 22.9 Å². The minimum absolute atomic E-state index is 0.124. The van der Waals surface area contributed by atoms with E-state index >= 15 is 0 Å². The highest BCUT2D eigenvalue weighted by molar-refractivity contribution is 6.14. The van der Waals surface area contributed by atoms with Crippen LogP contribution >= 0.6 is 0 Å². The molecule has 1 aromatic heterocycles. The van der Waals surface area contributed by atoms with Crippen LogP contribution in [0.25, 0.3) is 16.8 Å². The summed E-state index contributed by atoms with van der Waals surface area (Å²) in [6, 6.07) is 8.92. The summed E-state index contributed by atoms with van der Waals surface area (Å²) in [5.41, 5.74) is 14.0. The van der Waals surface area contributed by atoms with Gasteiger partial charge < -0.3 is 21.7 Å². The highest BCUT2D eigenvalue weighted by Crippen LogP contribution is 2.34. The number of alkyl halides is 3. The first-order valence-electron chi connectivity index (χ1n) is 10.4. The second-order valence-electron chi connectivity index (χ2n) is 7.57. The molecule has 1 aromatic carbocycles. The summed E-state index contributed by atoms with van der Waals surface area (Å²) in [5, 5.41) is 12.1. The standard InChI is InChI=1S/C22H25F3N8/c1-29-20-18(16(11-27)12-30-13-22(23,24)25)19(15-4-2-14(10-26)3-5-15)31-21(32-20)33-8-6-17(28)7-9-33/h2-5,11-12,17H,6-9,13,27-28H2,1H3,(H,29,31,32). The van der Waals surface area contributed by atoms with E-state index in [0.29, 0.717) is 47.2 Å². The Morgan fingerprint density at radius 1 is 1.27 bits per heavy atom. The molecule has 5 N–H and O–H groups in total. The fourth-order valence-corrected chi connectivity index (χ4v) is 3.49. The zero-order valence-electron chi connectivity index (χ0n) is 18.1. The Morgan fingerprint density at radius 3 is 2.48 bits per heavy atom. The summed E-state index contributed by atoms with van der Waals surface area (Å²) >= 11 is 0. The maximum absolute atomic E-state index is 12.6. The van der Waals surface area contributed by atoms with Gasteiger partial charge in [-0.2, -0.15) is 23.4 Å². The zero-order valence-corrected chi connectivity index (χ0v) is 18.1. The fourth-order valence-electron chi connectivity index (χ4n) is 3.49. The number of benzene rings is 1. The number of halogens is 3. The van der Waals surface area contributed by atoms with Crippen LogP contribution in [-0.4, -0.2) is 55.1 Å². The second kappa shape index (κ2) is 10.3. The summed E-state index contributed by atoms with van der Waals surface area (Å²) in [5.74, 6) is 0.863. The van der Waals surface area contributed by atoms with Crippen molar-refractivity contribution in [1.29, 1.82) is 5.26 Å². The summed E-state index contributed by atoms with van der Waals surface area (Å²) in [4.78, 5) is 14.9. The predicted octanol–water partition coefficient (Wildman–Crippen LogP) is 2.92. The molecule has 0 atom stereocenters. The first-order chi connectivity index (χ1) is 15.8. The lowest BCUT2D eigenvalue weighted by Crippen LogP contribution is -2.40. The summed E-state index contributed by atoms with van der Waals surface area (Å²) in [6.45, 7) is 0.0324. The monoisotopic (exact) mass is 458 g/mol. The van der Waals surface area contributed by atoms with Crippen LogP contribution in [-0.2, 0) is 0 Å². The fraction of sp³-hybridized carbons (Fsp3) is 0.364. The van der Waals surface area contributed by atoms with E-state index in [1.54, 1.807) is 31.3 Å². The van der Waals surface area contributed by atoms with Gasteiger partial charge in [0.1, 0.15) is 12.4 Å². The third-order valence-corrected chi connectivity index (χ3v) is 5.21. The van der Waals surface area contributed by atoms with Gasteiger partial charge in [-0.1, -0.05) is 12.1 Å². The number of hydrogen-bond acceptors (Lipinski definition) is 8. The number of aliphatic imine (C=N–C) groups is 1. The van der Waals surface area contributed by atoms with Crippen molar-refractivity contribution in [2.24, 2.45) is 16.5 Å². The van der Waals surface area contributed by atoms with E-state index in [1.807, 2.05) is 4.90 Å². The minimum Gasteiger partial charge on any atom is -0.404 e. The number of rotatable bonds is 6. The topological polar surface area (TPSA) is 129 Å². The van der Waals surface area contributed by atoms with Crippen LogP contribution in [0.5, 0.6) is 0 Å². The van der Waals surface area contributed by atoms with Crippen LogP contribution in [0.15, 0.2) is 35.5 Å². The van der Waals surface area contributed by atoms with Gasteiger partial charge >= 0.3 is 6.18 Å². The third kappa shape index (κ3) is 5.98. The molecule has 1 saturated heterocycles. The van der Waals surface area contributed by atoms with Gasteiger partial charge in [0.25, 0.3) is 0 Å². The van der Waals surface area contributed by atoms with Gasteiger partial charge in [0.2, 0.25) is 5.95 Å². The molecule has 33 heavy (non-hydrogen) atoms. The average Bonchev–Trinajstić information content (AvgIpc) is 2.81. The van der Waals surface area contributed by atoms with Crippen LogP contribution in [0.1, 0.15) is 24.0 Å². The molecule has 174 valence electrons. The molecule has 0 unspecified atom stereocenters. The maximum atomic E-state index is 12.6. The van der Waals surface area contributed by atoms with Crippen molar-refractivity contribution in [2.75, 3.05) is 36.9 Å². The van der Waals surface area contributed by atoms with E-state index in [-0.39, 0.29) is 11.6 Å². The molecule has 8 nitrogen and oxygen atoms in total. The van der Waals surface area contributed by atoms with Gasteiger partial charge in [-0.15, -0.1) is 0 Å². The summed E-state index contributed by atoms with van der Waals surface area (Å²) in [6.07, 6.45) is -0.603. The quantitative estimate of drug-likeness (QED) is 0.568. The predicted molar refractivity (Wildman–Crippen MR) is 123 cm³/mol. The molecule has 0 aliphatic carbocycles. The van der Waals surface area contributed by atoms with Crippen LogP contribution in [0, 0.1) is 11.3 Å². The number of piperidine rings is 1. The minimum atomic E-state index is -4.44. The molecule has 1 fully saturated rings. The summed E-state index contributed by atoms with van der Waals surface area (Å²) in [7, 11) is 1.66. The molecule has 0 radical (unpaired) electrons. The molecule has 2 heterocycles. The second-order valence-corrected chi connectivity index (χ2v) is 7.57. The average molecular weight is 458 g/mol. The van der Waals surface area contributed by atoms with Crippen molar-refractivity contribution in [2.45, 2.75) is 25.1 Å². The lowest BCUT2D eigenvalue weighted by atomic mass is 9.99. The van der Waals surface area contributed by atoms with Crippen LogP contribution < -0.4 is 21.7 Å². The number of aromatic nitrogens is 2. The van der Waals surface area contributed by atoms with E-state index in [2.05, 4.69) is 21.4 Å². The molecule has 0 spiro atoms. The highest BCUT2D eigenvalue weighted by atomic mass is 19.4. The van der Waals surface area contributed by atoms with Gasteiger partial charge in [-0.05, 0) is 25.0 Å². The van der Waals surface area contributed by atoms with E-state index in [1.165, 1.54) is 6.20 Å². The first kappa shape index (κ1) is 24.0. The van der Waals surface area contributed by atoms with Crippen molar-refractivity contribution in [3.05, 3.63) is 41.6 Å². The molecule has 1 aliphatic heterocycles. The SMILES string of the molecule is CNc1nc(N2CCC(N)CC2)nc(-c2ccc(C#N)cc2)c1C(C=NCC(F)(F)F)=CN. The van der Waals surface area contributed by atoms with Crippen LogP contribution in [0.2, 0.25) is 0 Å². The Morgan fingerprint density at radius 2 is 1.94 bits per heavy atom. The molecule has 0 amide bonds. The van der Waals surface area contributed by atoms with Crippen molar-refractivity contribution in [1.82, 2.24) is 9.97 Å². The van der Waals surface area contributed by atoms with E-state index in [9.17, 15) is 13.2 Å². The third-order valence-electron chi connectivity index (χ3n) is 5.21. The van der Waals surface area contributed by atoms with Crippen LogP contribution in [0.3, 0.4) is 0 Å². The largest absolute Gasteiger partial charge is 0.407 e. The molecular formula is C22H25F3N8. The van der Waals surface area contributed by atoms with Crippen LogP contribution in [0.4, 0.5) is 24.9 Å². The van der Waals surface area contributed by atoms with Gasteiger partial charge in [0.15, 0.2) is 0 Å². The highest BCUT2D eigenvalue weighted by Gasteiger charge is 2.27. The Labute approximate surface area is 189 Å². The van der Waals surface area contributed by atoms with E-state index in [0.717, 1.165) is 19.1 Å². The number of allylic oxidation sites excluding steroid dienone is 1. The lowest BCUT2D eigenvalue weighted by Gasteiger charge is -2.31. The number of anilines is 2. The molecule has 11 heteroatoms. The van der Waals surface area contributed by atoms with Crippen molar-refractivity contribution in [3.63, 3.8) is 0 Å². The molecule has 0 saturated carbocycles. The normalized spacial score (nSPS) is 15.6. The van der Waals surface area contributed by atoms with Crippen molar-refractivity contribution in [3.8, 4) is 17.3 Å². The Bertz CT molecular complexity index is 1060. The molecule has 2 aromatic rings. The zero-order chi connectivity index (χ0) is 24.0. The maximum Gasteiger partial charge on any atom is 0.407 e. The Balaban J connectivity index is 2.14. The van der Waals surface area contributed by atoms with Gasteiger partial charge in [-0.3, -0.25) is 4.99 Å². The van der Waals surface area contributed by atoms with Crippen molar-refractivity contribution < 1.29 is 13.2 Å². The van der Waals surface area contributed by atoms with Crippen molar-refractivity contribution >= 4 is 23.6 Å². The number of nitrogens with one attached hydrogen (secondary N) is 1. The van der Waals surface area contributed by atoms with Gasteiger partial charge in [0, 0.05) is 49.7 Å². The number of hydrogen-bond donors (Lipinski definition) is 3. The van der Waals surface area contributed by atoms with Gasteiger partial charge in [-0.25, -0.2) is 4.98 Å².